The average Bonchev–Trinajstić information content (AvgIpc) is 2.64. The third-order valence-electron chi connectivity index (χ3n) is 4.76. The van der Waals surface area contributed by atoms with Crippen molar-refractivity contribution in [1.82, 2.24) is 20.6 Å². The molecule has 2 atom stereocenters. The number of rotatable bonds is 7. The molecule has 8 nitrogen and oxygen atoms in total. The van der Waals surface area contributed by atoms with Crippen molar-refractivity contribution in [2.24, 2.45) is 17.6 Å². The standard InChI is InChI=1S/C18H27N5O3/c1-11(2)14(16(19)24)22-18(26)15(12-6-4-3-5-7-12)23-17(25)13-10-20-8-9-21-13/h8-12,14-15H,3-7H2,1-2H3,(H2,19,24)(H,22,26)(H,23,25)/t14?,15-/m0/s1. The number of primary amides is 1. The highest BCUT2D eigenvalue weighted by atomic mass is 16.2. The van der Waals surface area contributed by atoms with Gasteiger partial charge in [0.25, 0.3) is 5.91 Å². The van der Waals surface area contributed by atoms with Gasteiger partial charge in [0, 0.05) is 12.4 Å². The molecule has 1 fully saturated rings. The maximum absolute atomic E-state index is 12.9. The van der Waals surface area contributed by atoms with Gasteiger partial charge in [-0.05, 0) is 24.7 Å². The summed E-state index contributed by atoms with van der Waals surface area (Å²) in [6.45, 7) is 3.62. The lowest BCUT2D eigenvalue weighted by Gasteiger charge is -2.31. The molecular weight excluding hydrogens is 334 g/mol. The number of hydrogen-bond donors (Lipinski definition) is 3. The van der Waals surface area contributed by atoms with Gasteiger partial charge in [-0.2, -0.15) is 0 Å². The van der Waals surface area contributed by atoms with Gasteiger partial charge < -0.3 is 16.4 Å². The van der Waals surface area contributed by atoms with E-state index in [4.69, 9.17) is 5.73 Å². The Balaban J connectivity index is 2.16. The SMILES string of the molecule is CC(C)C(NC(=O)[C@@H](NC(=O)c1cnccn1)C1CCCCC1)C(N)=O. The normalized spacial score (nSPS) is 17.3. The van der Waals surface area contributed by atoms with Gasteiger partial charge in [-0.15, -0.1) is 0 Å². The maximum Gasteiger partial charge on any atom is 0.272 e. The van der Waals surface area contributed by atoms with Gasteiger partial charge in [0.05, 0.1) is 6.20 Å². The summed E-state index contributed by atoms with van der Waals surface area (Å²) in [7, 11) is 0. The largest absolute Gasteiger partial charge is 0.368 e. The highest BCUT2D eigenvalue weighted by Gasteiger charge is 2.34. The summed E-state index contributed by atoms with van der Waals surface area (Å²) in [5.41, 5.74) is 5.55. The molecule has 1 aliphatic carbocycles. The van der Waals surface area contributed by atoms with E-state index in [-0.39, 0.29) is 23.4 Å². The molecule has 0 aromatic carbocycles. The Labute approximate surface area is 153 Å². The topological polar surface area (TPSA) is 127 Å². The summed E-state index contributed by atoms with van der Waals surface area (Å²) in [5, 5.41) is 5.49. The van der Waals surface area contributed by atoms with Crippen LogP contribution in [0.5, 0.6) is 0 Å². The van der Waals surface area contributed by atoms with Gasteiger partial charge in [-0.25, -0.2) is 4.98 Å². The van der Waals surface area contributed by atoms with Crippen molar-refractivity contribution in [1.29, 1.82) is 0 Å². The molecule has 8 heteroatoms. The Morgan fingerprint density at radius 1 is 1.12 bits per heavy atom. The number of nitrogens with one attached hydrogen (secondary N) is 2. The van der Waals surface area contributed by atoms with Gasteiger partial charge in [-0.3, -0.25) is 19.4 Å². The van der Waals surface area contributed by atoms with Crippen LogP contribution in [0, 0.1) is 11.8 Å². The Morgan fingerprint density at radius 3 is 2.35 bits per heavy atom. The van der Waals surface area contributed by atoms with Crippen molar-refractivity contribution >= 4 is 17.7 Å². The van der Waals surface area contributed by atoms with Gasteiger partial charge in [0.1, 0.15) is 17.8 Å². The van der Waals surface area contributed by atoms with E-state index in [2.05, 4.69) is 20.6 Å². The molecule has 3 amide bonds. The molecule has 1 aliphatic rings. The molecule has 1 aromatic rings. The van der Waals surface area contributed by atoms with Crippen LogP contribution in [0.1, 0.15) is 56.4 Å². The number of amides is 3. The number of nitrogens with two attached hydrogens (primary N) is 1. The lowest BCUT2D eigenvalue weighted by atomic mass is 9.83. The first kappa shape index (κ1) is 19.8. The van der Waals surface area contributed by atoms with Crippen molar-refractivity contribution in [2.45, 2.75) is 58.0 Å². The van der Waals surface area contributed by atoms with Crippen LogP contribution >= 0.6 is 0 Å². The Kier molecular flexibility index (Phi) is 7.06. The predicted octanol–water partition coefficient (Wildman–Crippen LogP) is 0.781. The van der Waals surface area contributed by atoms with Crippen LogP contribution in [0.2, 0.25) is 0 Å². The summed E-state index contributed by atoms with van der Waals surface area (Å²) in [6, 6.07) is -1.51. The van der Waals surface area contributed by atoms with Crippen LogP contribution in [-0.2, 0) is 9.59 Å². The van der Waals surface area contributed by atoms with Crippen molar-refractivity contribution in [2.75, 3.05) is 0 Å². The lowest BCUT2D eigenvalue weighted by molar-refractivity contribution is -0.130. The molecule has 1 aromatic heterocycles. The molecule has 142 valence electrons. The highest BCUT2D eigenvalue weighted by molar-refractivity contribution is 5.97. The van der Waals surface area contributed by atoms with Gasteiger partial charge in [0.15, 0.2) is 0 Å². The maximum atomic E-state index is 12.9. The van der Waals surface area contributed by atoms with Crippen LogP contribution in [0.3, 0.4) is 0 Å². The van der Waals surface area contributed by atoms with E-state index in [9.17, 15) is 14.4 Å². The average molecular weight is 361 g/mol. The van der Waals surface area contributed by atoms with E-state index in [1.54, 1.807) is 0 Å². The number of carbonyl (C=O) groups is 3. The lowest BCUT2D eigenvalue weighted by Crippen LogP contribution is -2.57. The summed E-state index contributed by atoms with van der Waals surface area (Å²) < 4.78 is 0. The molecule has 1 unspecified atom stereocenters. The first-order valence-corrected chi connectivity index (χ1v) is 9.06. The molecule has 1 heterocycles. The first-order chi connectivity index (χ1) is 12.4. The van der Waals surface area contributed by atoms with E-state index in [0.717, 1.165) is 32.1 Å². The van der Waals surface area contributed by atoms with Gasteiger partial charge in [-0.1, -0.05) is 33.1 Å². The molecule has 26 heavy (non-hydrogen) atoms. The molecule has 0 saturated heterocycles. The molecule has 0 spiro atoms. The minimum absolute atomic E-state index is 0.0186. The number of carbonyl (C=O) groups excluding carboxylic acids is 3. The van der Waals surface area contributed by atoms with Crippen LogP contribution in [0.15, 0.2) is 18.6 Å². The third-order valence-corrected chi connectivity index (χ3v) is 4.76. The third kappa shape index (κ3) is 5.24. The number of aromatic nitrogens is 2. The Morgan fingerprint density at radius 2 is 1.81 bits per heavy atom. The second kappa shape index (κ2) is 9.26. The van der Waals surface area contributed by atoms with Crippen molar-refractivity contribution < 1.29 is 14.4 Å². The molecule has 2 rings (SSSR count). The van der Waals surface area contributed by atoms with Crippen LogP contribution < -0.4 is 16.4 Å². The predicted molar refractivity (Wildman–Crippen MR) is 95.8 cm³/mol. The van der Waals surface area contributed by atoms with Gasteiger partial charge in [0.2, 0.25) is 11.8 Å². The molecular formula is C18H27N5O3. The molecule has 0 bridgehead atoms. The van der Waals surface area contributed by atoms with E-state index in [1.165, 1.54) is 18.6 Å². The van der Waals surface area contributed by atoms with Crippen LogP contribution in [-0.4, -0.2) is 39.8 Å². The quantitative estimate of drug-likeness (QED) is 0.661. The van der Waals surface area contributed by atoms with Crippen molar-refractivity contribution in [3.8, 4) is 0 Å². The fraction of sp³-hybridized carbons (Fsp3) is 0.611. The molecule has 0 aliphatic heterocycles. The Bertz CT molecular complexity index is 629. The zero-order chi connectivity index (χ0) is 19.1. The van der Waals surface area contributed by atoms with E-state index < -0.39 is 23.9 Å². The fourth-order valence-corrected chi connectivity index (χ4v) is 3.31. The van der Waals surface area contributed by atoms with Crippen LogP contribution in [0.25, 0.3) is 0 Å². The van der Waals surface area contributed by atoms with Gasteiger partial charge >= 0.3 is 0 Å². The van der Waals surface area contributed by atoms with Crippen molar-refractivity contribution in [3.05, 3.63) is 24.3 Å². The smallest absolute Gasteiger partial charge is 0.272 e. The monoisotopic (exact) mass is 361 g/mol. The summed E-state index contributed by atoms with van der Waals surface area (Å²) >= 11 is 0. The Hall–Kier alpha value is -2.51. The number of nitrogens with zero attached hydrogens (tertiary/aromatic N) is 2. The van der Waals surface area contributed by atoms with E-state index >= 15 is 0 Å². The summed E-state index contributed by atoms with van der Waals surface area (Å²) in [6.07, 6.45) is 9.10. The van der Waals surface area contributed by atoms with E-state index in [0.29, 0.717) is 0 Å². The minimum atomic E-state index is -0.776. The van der Waals surface area contributed by atoms with Crippen LogP contribution in [0.4, 0.5) is 0 Å². The van der Waals surface area contributed by atoms with E-state index in [1.807, 2.05) is 13.8 Å². The highest BCUT2D eigenvalue weighted by Crippen LogP contribution is 2.27. The zero-order valence-corrected chi connectivity index (χ0v) is 15.3. The first-order valence-electron chi connectivity index (χ1n) is 9.06. The van der Waals surface area contributed by atoms with Crippen molar-refractivity contribution in [3.63, 3.8) is 0 Å². The molecule has 1 saturated carbocycles. The minimum Gasteiger partial charge on any atom is -0.368 e. The molecule has 0 radical (unpaired) electrons. The fourth-order valence-electron chi connectivity index (χ4n) is 3.31. The second-order valence-corrected chi connectivity index (χ2v) is 7.07. The molecule has 4 N–H and O–H groups in total. The summed E-state index contributed by atoms with van der Waals surface area (Å²) in [5.74, 6) is -1.55. The zero-order valence-electron chi connectivity index (χ0n) is 15.3. The second-order valence-electron chi connectivity index (χ2n) is 7.07. The summed E-state index contributed by atoms with van der Waals surface area (Å²) in [4.78, 5) is 44.8. The number of hydrogen-bond acceptors (Lipinski definition) is 5.